The minimum atomic E-state index is -4.05. The van der Waals surface area contributed by atoms with Crippen LogP contribution in [0.5, 0.6) is 0 Å². The van der Waals surface area contributed by atoms with Gasteiger partial charge in [0.1, 0.15) is 0 Å². The zero-order chi connectivity index (χ0) is 15.5. The Morgan fingerprint density at radius 3 is 2.52 bits per heavy atom. The van der Waals surface area contributed by atoms with Crippen LogP contribution < -0.4 is 5.32 Å². The van der Waals surface area contributed by atoms with Gasteiger partial charge in [-0.15, -0.1) is 0 Å². The van der Waals surface area contributed by atoms with Gasteiger partial charge < -0.3 is 10.2 Å². The summed E-state index contributed by atoms with van der Waals surface area (Å²) in [5.74, 6) is 0.691. The van der Waals surface area contributed by atoms with Crippen molar-refractivity contribution in [3.8, 4) is 0 Å². The second kappa shape index (κ2) is 6.86. The van der Waals surface area contributed by atoms with E-state index in [-0.39, 0.29) is 12.0 Å². The average Bonchev–Trinajstić information content (AvgIpc) is 3.17. The van der Waals surface area contributed by atoms with E-state index in [1.54, 1.807) is 0 Å². The Labute approximate surface area is 126 Å². The van der Waals surface area contributed by atoms with Gasteiger partial charge in [0.05, 0.1) is 6.42 Å². The fourth-order valence-corrected chi connectivity index (χ4v) is 3.75. The van der Waals surface area contributed by atoms with Gasteiger partial charge in [0.15, 0.2) is 0 Å². The Morgan fingerprint density at radius 2 is 1.95 bits per heavy atom. The monoisotopic (exact) mass is 306 g/mol. The molecule has 124 valence electrons. The standard InChI is InChI=1S/C16H29F3N2/c1-13-4-3-7-15(10-13,11-20-14-5-6-14)12-21(2)9-8-16(17,18)19/h13-14,20H,3-12H2,1-2H3. The van der Waals surface area contributed by atoms with Gasteiger partial charge in [-0.1, -0.05) is 19.8 Å². The Kier molecular flexibility index (Phi) is 5.58. The van der Waals surface area contributed by atoms with Crippen molar-refractivity contribution in [3.05, 3.63) is 0 Å². The maximum Gasteiger partial charge on any atom is 0.390 e. The van der Waals surface area contributed by atoms with E-state index in [1.807, 2.05) is 11.9 Å². The van der Waals surface area contributed by atoms with Crippen LogP contribution in [0.4, 0.5) is 13.2 Å². The van der Waals surface area contributed by atoms with Gasteiger partial charge >= 0.3 is 6.18 Å². The second-order valence-corrected chi connectivity index (χ2v) is 7.46. The van der Waals surface area contributed by atoms with E-state index in [1.165, 1.54) is 25.7 Å². The maximum absolute atomic E-state index is 12.4. The topological polar surface area (TPSA) is 15.3 Å². The highest BCUT2D eigenvalue weighted by atomic mass is 19.4. The molecule has 0 aliphatic heterocycles. The lowest BCUT2D eigenvalue weighted by molar-refractivity contribution is -0.138. The number of hydrogen-bond donors (Lipinski definition) is 1. The van der Waals surface area contributed by atoms with Gasteiger partial charge in [-0.2, -0.15) is 13.2 Å². The molecule has 1 N–H and O–H groups in total. The van der Waals surface area contributed by atoms with Crippen LogP contribution in [-0.2, 0) is 0 Å². The summed E-state index contributed by atoms with van der Waals surface area (Å²) in [6.07, 6.45) is 2.53. The average molecular weight is 306 g/mol. The Balaban J connectivity index is 1.87. The molecule has 2 aliphatic rings. The Morgan fingerprint density at radius 1 is 1.24 bits per heavy atom. The van der Waals surface area contributed by atoms with Gasteiger partial charge in [-0.3, -0.25) is 0 Å². The molecule has 2 atom stereocenters. The quantitative estimate of drug-likeness (QED) is 0.769. The molecule has 0 heterocycles. The zero-order valence-electron chi connectivity index (χ0n) is 13.3. The predicted molar refractivity (Wildman–Crippen MR) is 79.3 cm³/mol. The fraction of sp³-hybridized carbons (Fsp3) is 1.00. The Bertz CT molecular complexity index is 328. The summed E-state index contributed by atoms with van der Waals surface area (Å²) in [6.45, 7) is 4.15. The van der Waals surface area contributed by atoms with E-state index in [4.69, 9.17) is 0 Å². The van der Waals surface area contributed by atoms with Crippen molar-refractivity contribution in [1.82, 2.24) is 10.2 Å². The number of hydrogen-bond acceptors (Lipinski definition) is 2. The SMILES string of the molecule is CC1CCCC(CNC2CC2)(CN(C)CCC(F)(F)F)C1. The van der Waals surface area contributed by atoms with E-state index in [0.29, 0.717) is 12.0 Å². The molecule has 0 aromatic heterocycles. The minimum absolute atomic E-state index is 0.114. The van der Waals surface area contributed by atoms with Gasteiger partial charge in [-0.25, -0.2) is 0 Å². The summed E-state index contributed by atoms with van der Waals surface area (Å²) >= 11 is 0. The van der Waals surface area contributed by atoms with Crippen LogP contribution in [0.2, 0.25) is 0 Å². The van der Waals surface area contributed by atoms with Crippen molar-refractivity contribution >= 4 is 0 Å². The predicted octanol–water partition coefficient (Wildman–Crippen LogP) is 3.82. The largest absolute Gasteiger partial charge is 0.390 e. The molecule has 5 heteroatoms. The molecule has 0 bridgehead atoms. The molecule has 0 aromatic carbocycles. The summed E-state index contributed by atoms with van der Waals surface area (Å²) in [4.78, 5) is 1.89. The number of nitrogens with one attached hydrogen (secondary N) is 1. The van der Waals surface area contributed by atoms with Gasteiger partial charge in [0, 0.05) is 25.7 Å². The van der Waals surface area contributed by atoms with Crippen LogP contribution in [-0.4, -0.2) is 43.8 Å². The highest BCUT2D eigenvalue weighted by molar-refractivity contribution is 4.92. The molecule has 2 unspecified atom stereocenters. The molecule has 0 spiro atoms. The first-order chi connectivity index (χ1) is 9.78. The second-order valence-electron chi connectivity index (χ2n) is 7.46. The lowest BCUT2D eigenvalue weighted by atomic mass is 9.69. The van der Waals surface area contributed by atoms with Crippen LogP contribution in [0.25, 0.3) is 0 Å². The van der Waals surface area contributed by atoms with E-state index in [9.17, 15) is 13.2 Å². The number of halogens is 3. The number of alkyl halides is 3. The third kappa shape index (κ3) is 6.15. The van der Waals surface area contributed by atoms with Crippen molar-refractivity contribution in [1.29, 1.82) is 0 Å². The van der Waals surface area contributed by atoms with Crippen LogP contribution in [0.15, 0.2) is 0 Å². The smallest absolute Gasteiger partial charge is 0.313 e. The van der Waals surface area contributed by atoms with E-state index < -0.39 is 12.6 Å². The van der Waals surface area contributed by atoms with Crippen molar-refractivity contribution in [2.24, 2.45) is 11.3 Å². The lowest BCUT2D eigenvalue weighted by Gasteiger charge is -2.43. The highest BCUT2D eigenvalue weighted by Crippen LogP contribution is 2.40. The first kappa shape index (κ1) is 17.1. The third-order valence-corrected chi connectivity index (χ3v) is 4.91. The first-order valence-corrected chi connectivity index (χ1v) is 8.27. The minimum Gasteiger partial charge on any atom is -0.313 e. The summed E-state index contributed by atoms with van der Waals surface area (Å²) in [6, 6.07) is 0.666. The molecule has 0 radical (unpaired) electrons. The molecule has 0 aromatic rings. The highest BCUT2D eigenvalue weighted by Gasteiger charge is 2.37. The molecule has 0 amide bonds. The van der Waals surface area contributed by atoms with Crippen molar-refractivity contribution < 1.29 is 13.2 Å². The lowest BCUT2D eigenvalue weighted by Crippen LogP contribution is -2.46. The van der Waals surface area contributed by atoms with Crippen molar-refractivity contribution in [3.63, 3.8) is 0 Å². The van der Waals surface area contributed by atoms with Crippen LogP contribution in [0, 0.1) is 11.3 Å². The van der Waals surface area contributed by atoms with E-state index in [0.717, 1.165) is 25.9 Å². The van der Waals surface area contributed by atoms with Crippen LogP contribution >= 0.6 is 0 Å². The number of rotatable bonds is 7. The summed E-state index contributed by atoms with van der Waals surface area (Å²) in [7, 11) is 1.84. The Hall–Kier alpha value is -0.290. The van der Waals surface area contributed by atoms with Gasteiger partial charge in [-0.05, 0) is 44.1 Å². The number of nitrogens with zero attached hydrogens (tertiary/aromatic N) is 1. The molecular weight excluding hydrogens is 277 g/mol. The zero-order valence-corrected chi connectivity index (χ0v) is 13.3. The fourth-order valence-electron chi connectivity index (χ4n) is 3.75. The summed E-state index contributed by atoms with van der Waals surface area (Å²) in [5.41, 5.74) is 0.167. The maximum atomic E-state index is 12.4. The van der Waals surface area contributed by atoms with Gasteiger partial charge in [0.25, 0.3) is 0 Å². The molecular formula is C16H29F3N2. The molecule has 2 nitrogen and oxygen atoms in total. The molecule has 2 rings (SSSR count). The van der Waals surface area contributed by atoms with Crippen molar-refractivity contribution in [2.45, 2.75) is 64.1 Å². The molecule has 2 fully saturated rings. The molecule has 0 saturated heterocycles. The third-order valence-electron chi connectivity index (χ3n) is 4.91. The summed E-state index contributed by atoms with van der Waals surface area (Å²) < 4.78 is 37.1. The molecule has 21 heavy (non-hydrogen) atoms. The van der Waals surface area contributed by atoms with Gasteiger partial charge in [0.2, 0.25) is 0 Å². The summed E-state index contributed by atoms with van der Waals surface area (Å²) in [5, 5.41) is 3.62. The van der Waals surface area contributed by atoms with E-state index >= 15 is 0 Å². The normalized spacial score (nSPS) is 30.9. The van der Waals surface area contributed by atoms with Crippen LogP contribution in [0.3, 0.4) is 0 Å². The molecule has 2 aliphatic carbocycles. The van der Waals surface area contributed by atoms with Crippen LogP contribution in [0.1, 0.15) is 51.9 Å². The first-order valence-electron chi connectivity index (χ1n) is 8.27. The van der Waals surface area contributed by atoms with E-state index in [2.05, 4.69) is 12.2 Å². The van der Waals surface area contributed by atoms with Crippen molar-refractivity contribution in [2.75, 3.05) is 26.7 Å². The molecule has 2 saturated carbocycles.